The van der Waals surface area contributed by atoms with Gasteiger partial charge in [-0.15, -0.1) is 0 Å². The van der Waals surface area contributed by atoms with E-state index in [1.807, 2.05) is 48.6 Å². The fourth-order valence-corrected chi connectivity index (χ4v) is 7.51. The predicted molar refractivity (Wildman–Crippen MR) is 222 cm³/mol. The van der Waals surface area contributed by atoms with Crippen LogP contribution in [0.2, 0.25) is 0 Å². The van der Waals surface area contributed by atoms with E-state index in [2.05, 4.69) is 138 Å². The standard InChI is InChI=1S/C48H34N4/c1-5-39-41-30-36(26-27-40(41)48-50-43-16-12-13-17-46(43)52(48)44(39)7-3)32-20-18-31(19-21-32)33-22-23-35-29-37(25-24-34(35)28-33)47-49-42(6-2)45(8-4)51(47)38-14-10-9-11-15-38/h5-30H,1-4H2. The number of hydrogen-bond acceptors (Lipinski definition) is 2. The van der Waals surface area contributed by atoms with Crippen LogP contribution in [0.4, 0.5) is 0 Å². The van der Waals surface area contributed by atoms with Crippen LogP contribution in [0.5, 0.6) is 0 Å². The lowest BCUT2D eigenvalue weighted by molar-refractivity contribution is 1.05. The van der Waals surface area contributed by atoms with Gasteiger partial charge in [0, 0.05) is 22.2 Å². The van der Waals surface area contributed by atoms with Crippen LogP contribution in [0, 0.1) is 0 Å². The van der Waals surface area contributed by atoms with E-state index >= 15 is 0 Å². The van der Waals surface area contributed by atoms with Crippen LogP contribution >= 0.6 is 0 Å². The Balaban J connectivity index is 1.07. The molecule has 0 unspecified atom stereocenters. The summed E-state index contributed by atoms with van der Waals surface area (Å²) in [6.07, 6.45) is 7.46. The summed E-state index contributed by atoms with van der Waals surface area (Å²) in [5.41, 5.74) is 13.4. The largest absolute Gasteiger partial charge is 0.292 e. The van der Waals surface area contributed by atoms with Crippen molar-refractivity contribution in [2.45, 2.75) is 0 Å². The van der Waals surface area contributed by atoms with E-state index in [0.717, 1.165) is 94.8 Å². The number of nitrogens with zero attached hydrogens (tertiary/aromatic N) is 4. The molecule has 246 valence electrons. The van der Waals surface area contributed by atoms with Gasteiger partial charge in [-0.1, -0.05) is 117 Å². The second kappa shape index (κ2) is 12.4. The van der Waals surface area contributed by atoms with Gasteiger partial charge in [0.05, 0.1) is 28.1 Å². The van der Waals surface area contributed by atoms with Gasteiger partial charge in [-0.05, 0) is 105 Å². The molecule has 9 aromatic rings. The molecular formula is C48H34N4. The van der Waals surface area contributed by atoms with E-state index in [0.29, 0.717) is 0 Å². The van der Waals surface area contributed by atoms with Gasteiger partial charge in [0.2, 0.25) is 0 Å². The molecule has 0 spiro atoms. The summed E-state index contributed by atoms with van der Waals surface area (Å²) in [7, 11) is 0. The zero-order chi connectivity index (χ0) is 35.3. The molecule has 0 bridgehead atoms. The SMILES string of the molecule is C=Cc1nc(-c2ccc3cc(-c4ccc(-c5ccc6c(c5)c(C=C)c(C=C)n5c7ccccc7nc65)cc4)ccc3c2)n(-c2ccccc2)c1C=C. The number of hydrogen-bond donors (Lipinski definition) is 0. The van der Waals surface area contributed by atoms with Crippen LogP contribution in [-0.4, -0.2) is 18.9 Å². The average Bonchev–Trinajstić information content (AvgIpc) is 3.79. The van der Waals surface area contributed by atoms with Crippen molar-refractivity contribution in [1.29, 1.82) is 0 Å². The molecule has 0 N–H and O–H groups in total. The third-order valence-corrected chi connectivity index (χ3v) is 10.0. The quantitative estimate of drug-likeness (QED) is 0.162. The summed E-state index contributed by atoms with van der Waals surface area (Å²) >= 11 is 0. The molecule has 0 amide bonds. The number of rotatable bonds is 8. The Morgan fingerprint density at radius 2 is 1.10 bits per heavy atom. The molecule has 0 fully saturated rings. The van der Waals surface area contributed by atoms with E-state index in [9.17, 15) is 0 Å². The zero-order valence-electron chi connectivity index (χ0n) is 28.6. The van der Waals surface area contributed by atoms with Crippen molar-refractivity contribution in [3.8, 4) is 39.3 Å². The number of imidazole rings is 2. The molecule has 6 aromatic carbocycles. The van der Waals surface area contributed by atoms with Gasteiger partial charge in [0.15, 0.2) is 0 Å². The summed E-state index contributed by atoms with van der Waals surface area (Å²) in [5, 5.41) is 4.51. The van der Waals surface area contributed by atoms with Crippen molar-refractivity contribution in [2.75, 3.05) is 0 Å². The molecule has 0 saturated carbocycles. The highest BCUT2D eigenvalue weighted by Gasteiger charge is 2.18. The van der Waals surface area contributed by atoms with Gasteiger partial charge in [-0.25, -0.2) is 9.97 Å². The third-order valence-electron chi connectivity index (χ3n) is 10.0. The Bertz CT molecular complexity index is 2900. The molecular weight excluding hydrogens is 633 g/mol. The van der Waals surface area contributed by atoms with Crippen LogP contribution in [0.25, 0.3) is 102 Å². The number of fused-ring (bicyclic) bond motifs is 6. The van der Waals surface area contributed by atoms with Crippen LogP contribution in [0.15, 0.2) is 160 Å². The topological polar surface area (TPSA) is 35.1 Å². The van der Waals surface area contributed by atoms with Crippen LogP contribution in [0.1, 0.15) is 22.6 Å². The van der Waals surface area contributed by atoms with Crippen molar-refractivity contribution < 1.29 is 0 Å². The minimum Gasteiger partial charge on any atom is -0.292 e. The van der Waals surface area contributed by atoms with E-state index < -0.39 is 0 Å². The highest BCUT2D eigenvalue weighted by atomic mass is 15.1. The van der Waals surface area contributed by atoms with Gasteiger partial charge < -0.3 is 0 Å². The van der Waals surface area contributed by atoms with E-state index in [1.54, 1.807) is 6.08 Å². The Kier molecular flexibility index (Phi) is 7.37. The van der Waals surface area contributed by atoms with Crippen LogP contribution in [-0.2, 0) is 0 Å². The molecule has 0 aliphatic rings. The Morgan fingerprint density at radius 3 is 1.79 bits per heavy atom. The number of aromatic nitrogens is 4. The maximum absolute atomic E-state index is 5.01. The lowest BCUT2D eigenvalue weighted by atomic mass is 9.95. The van der Waals surface area contributed by atoms with Crippen molar-refractivity contribution in [3.05, 3.63) is 182 Å². The van der Waals surface area contributed by atoms with E-state index in [-0.39, 0.29) is 0 Å². The van der Waals surface area contributed by atoms with Crippen LogP contribution in [0.3, 0.4) is 0 Å². The summed E-state index contributed by atoms with van der Waals surface area (Å²) in [6, 6.07) is 47.1. The van der Waals surface area contributed by atoms with Gasteiger partial charge in [0.25, 0.3) is 0 Å². The predicted octanol–water partition coefficient (Wildman–Crippen LogP) is 12.6. The Hall–Kier alpha value is -7.04. The first-order valence-corrected chi connectivity index (χ1v) is 17.3. The van der Waals surface area contributed by atoms with Crippen LogP contribution < -0.4 is 0 Å². The molecule has 4 nitrogen and oxygen atoms in total. The molecule has 0 radical (unpaired) electrons. The number of pyridine rings is 1. The molecule has 0 atom stereocenters. The van der Waals surface area contributed by atoms with Crippen molar-refractivity contribution in [2.24, 2.45) is 0 Å². The maximum atomic E-state index is 5.01. The van der Waals surface area contributed by atoms with E-state index in [4.69, 9.17) is 9.97 Å². The lowest BCUT2D eigenvalue weighted by Gasteiger charge is -2.14. The Labute approximate surface area is 302 Å². The molecule has 0 saturated heterocycles. The van der Waals surface area contributed by atoms with Crippen molar-refractivity contribution >= 4 is 62.5 Å². The minimum absolute atomic E-state index is 0.808. The average molecular weight is 667 g/mol. The summed E-state index contributed by atoms with van der Waals surface area (Å²) in [6.45, 7) is 16.4. The Morgan fingerprint density at radius 1 is 0.481 bits per heavy atom. The maximum Gasteiger partial charge on any atom is 0.146 e. The fraction of sp³-hybridized carbons (Fsp3) is 0. The second-order valence-corrected chi connectivity index (χ2v) is 12.9. The zero-order valence-corrected chi connectivity index (χ0v) is 28.6. The first-order chi connectivity index (χ1) is 25.6. The van der Waals surface area contributed by atoms with Gasteiger partial charge in [-0.2, -0.15) is 0 Å². The van der Waals surface area contributed by atoms with Crippen molar-refractivity contribution in [3.63, 3.8) is 0 Å². The van der Waals surface area contributed by atoms with Gasteiger partial charge >= 0.3 is 0 Å². The first-order valence-electron chi connectivity index (χ1n) is 17.3. The van der Waals surface area contributed by atoms with Gasteiger partial charge in [-0.3, -0.25) is 8.97 Å². The number of benzene rings is 6. The normalized spacial score (nSPS) is 11.4. The third kappa shape index (κ3) is 4.84. The molecule has 9 rings (SSSR count). The molecule has 0 aliphatic carbocycles. The second-order valence-electron chi connectivity index (χ2n) is 12.9. The fourth-order valence-electron chi connectivity index (χ4n) is 7.51. The minimum atomic E-state index is 0.808. The molecule has 3 heterocycles. The smallest absolute Gasteiger partial charge is 0.146 e. The molecule has 4 heteroatoms. The summed E-state index contributed by atoms with van der Waals surface area (Å²) in [5.74, 6) is 0.856. The molecule has 0 aliphatic heterocycles. The van der Waals surface area contributed by atoms with Gasteiger partial charge in [0.1, 0.15) is 11.5 Å². The highest BCUT2D eigenvalue weighted by Crippen LogP contribution is 2.36. The highest BCUT2D eigenvalue weighted by molar-refractivity contribution is 6.06. The monoisotopic (exact) mass is 666 g/mol. The number of para-hydroxylation sites is 3. The van der Waals surface area contributed by atoms with E-state index in [1.165, 1.54) is 5.39 Å². The molecule has 3 aromatic heterocycles. The summed E-state index contributed by atoms with van der Waals surface area (Å²) in [4.78, 5) is 9.98. The first kappa shape index (κ1) is 31.0. The van der Waals surface area contributed by atoms with Crippen molar-refractivity contribution in [1.82, 2.24) is 18.9 Å². The lowest BCUT2D eigenvalue weighted by Crippen LogP contribution is -1.99. The molecule has 52 heavy (non-hydrogen) atoms. The summed E-state index contributed by atoms with van der Waals surface area (Å²) < 4.78 is 4.34.